The predicted molar refractivity (Wildman–Crippen MR) is 79.2 cm³/mol. The first-order chi connectivity index (χ1) is 10.0. The van der Waals surface area contributed by atoms with E-state index in [4.69, 9.17) is 21.1 Å². The van der Waals surface area contributed by atoms with E-state index in [1.54, 1.807) is 19.9 Å². The Labute approximate surface area is 129 Å². The molecule has 0 N–H and O–H groups in total. The van der Waals surface area contributed by atoms with Gasteiger partial charge >= 0.3 is 11.9 Å². The Morgan fingerprint density at radius 1 is 1.14 bits per heavy atom. The van der Waals surface area contributed by atoms with Gasteiger partial charge < -0.3 is 9.47 Å². The van der Waals surface area contributed by atoms with Gasteiger partial charge in [0.05, 0.1) is 13.2 Å². The minimum absolute atomic E-state index is 0.244. The number of aryl methyl sites for hydroxylation is 1. The van der Waals surface area contributed by atoms with Crippen molar-refractivity contribution in [3.63, 3.8) is 0 Å². The standard InChI is InChI=1S/C16H19ClO4/c1-3-20-14(18)16(15(19)21-4-2)8-7-11-9-13(17)6-5-12(11)10-16/h5-6,9H,3-4,7-8,10H2,1-2H3. The summed E-state index contributed by atoms with van der Waals surface area (Å²) in [6.45, 7) is 3.95. The number of carbonyl (C=O) groups excluding carboxylic acids is 2. The summed E-state index contributed by atoms with van der Waals surface area (Å²) in [6.07, 6.45) is 1.29. The Morgan fingerprint density at radius 3 is 2.33 bits per heavy atom. The van der Waals surface area contributed by atoms with Gasteiger partial charge in [0.15, 0.2) is 5.41 Å². The van der Waals surface area contributed by atoms with Gasteiger partial charge in [0.2, 0.25) is 0 Å². The Bertz CT molecular complexity index is 535. The maximum atomic E-state index is 12.4. The number of fused-ring (bicyclic) bond motifs is 1. The van der Waals surface area contributed by atoms with Gasteiger partial charge in [0.1, 0.15) is 0 Å². The van der Waals surface area contributed by atoms with E-state index in [-0.39, 0.29) is 13.2 Å². The average Bonchev–Trinajstić information content (AvgIpc) is 2.47. The van der Waals surface area contributed by atoms with E-state index in [0.717, 1.165) is 11.1 Å². The van der Waals surface area contributed by atoms with E-state index >= 15 is 0 Å². The molecule has 5 heteroatoms. The molecule has 0 saturated heterocycles. The van der Waals surface area contributed by atoms with Crippen LogP contribution < -0.4 is 0 Å². The molecule has 0 heterocycles. The van der Waals surface area contributed by atoms with Crippen LogP contribution in [0.15, 0.2) is 18.2 Å². The van der Waals surface area contributed by atoms with Crippen molar-refractivity contribution in [1.29, 1.82) is 0 Å². The minimum Gasteiger partial charge on any atom is -0.465 e. The zero-order valence-electron chi connectivity index (χ0n) is 12.3. The largest absolute Gasteiger partial charge is 0.465 e. The predicted octanol–water partition coefficient (Wildman–Crippen LogP) is 2.94. The number of hydrogen-bond donors (Lipinski definition) is 0. The molecule has 21 heavy (non-hydrogen) atoms. The molecule has 0 unspecified atom stereocenters. The highest BCUT2D eigenvalue weighted by atomic mass is 35.5. The number of carbonyl (C=O) groups is 2. The average molecular weight is 311 g/mol. The van der Waals surface area contributed by atoms with Crippen LogP contribution in [0.4, 0.5) is 0 Å². The summed E-state index contributed by atoms with van der Waals surface area (Å²) >= 11 is 5.99. The number of benzene rings is 1. The van der Waals surface area contributed by atoms with Gasteiger partial charge in [-0.2, -0.15) is 0 Å². The summed E-state index contributed by atoms with van der Waals surface area (Å²) in [5, 5.41) is 0.661. The summed E-state index contributed by atoms with van der Waals surface area (Å²) in [5.41, 5.74) is 0.797. The van der Waals surface area contributed by atoms with Gasteiger partial charge in [-0.25, -0.2) is 0 Å². The summed E-state index contributed by atoms with van der Waals surface area (Å²) in [4.78, 5) is 24.7. The Balaban J connectivity index is 2.37. The first-order valence-corrected chi connectivity index (χ1v) is 7.53. The molecule has 1 aliphatic rings. The number of hydrogen-bond acceptors (Lipinski definition) is 4. The number of halogens is 1. The molecule has 0 fully saturated rings. The highest BCUT2D eigenvalue weighted by Gasteiger charge is 2.50. The van der Waals surface area contributed by atoms with Crippen LogP contribution in [0.5, 0.6) is 0 Å². The van der Waals surface area contributed by atoms with Crippen molar-refractivity contribution >= 4 is 23.5 Å². The fraction of sp³-hybridized carbons (Fsp3) is 0.500. The molecule has 0 radical (unpaired) electrons. The van der Waals surface area contributed by atoms with Crippen LogP contribution in [0, 0.1) is 5.41 Å². The third-order valence-corrected chi connectivity index (χ3v) is 4.05. The monoisotopic (exact) mass is 310 g/mol. The van der Waals surface area contributed by atoms with Crippen molar-refractivity contribution in [3.8, 4) is 0 Å². The lowest BCUT2D eigenvalue weighted by Crippen LogP contribution is -2.46. The molecule has 0 aliphatic heterocycles. The van der Waals surface area contributed by atoms with Crippen molar-refractivity contribution in [2.75, 3.05) is 13.2 Å². The van der Waals surface area contributed by atoms with Crippen molar-refractivity contribution < 1.29 is 19.1 Å². The van der Waals surface area contributed by atoms with Crippen LogP contribution in [-0.4, -0.2) is 25.2 Å². The number of ether oxygens (including phenoxy) is 2. The van der Waals surface area contributed by atoms with E-state index in [9.17, 15) is 9.59 Å². The molecule has 0 spiro atoms. The van der Waals surface area contributed by atoms with Gasteiger partial charge in [-0.15, -0.1) is 0 Å². The van der Waals surface area contributed by atoms with Crippen molar-refractivity contribution in [2.24, 2.45) is 5.41 Å². The smallest absolute Gasteiger partial charge is 0.323 e. The molecular formula is C16H19ClO4. The Kier molecular flexibility index (Phi) is 4.88. The zero-order chi connectivity index (χ0) is 15.5. The quantitative estimate of drug-likeness (QED) is 0.634. The summed E-state index contributed by atoms with van der Waals surface area (Å²) in [5.74, 6) is -0.992. The molecule has 1 aliphatic carbocycles. The molecule has 4 nitrogen and oxygen atoms in total. The van der Waals surface area contributed by atoms with Gasteiger partial charge in [0, 0.05) is 5.02 Å². The van der Waals surface area contributed by atoms with Gasteiger partial charge in [-0.05, 0) is 56.4 Å². The molecule has 0 atom stereocenters. The van der Waals surface area contributed by atoms with Crippen LogP contribution in [0.2, 0.25) is 5.02 Å². The summed E-state index contributed by atoms with van der Waals surface area (Å²) in [6, 6.07) is 5.52. The molecule has 0 aromatic heterocycles. The first kappa shape index (κ1) is 15.8. The van der Waals surface area contributed by atoms with E-state index < -0.39 is 17.4 Å². The molecule has 0 amide bonds. The van der Waals surface area contributed by atoms with Crippen LogP contribution in [0.1, 0.15) is 31.4 Å². The fourth-order valence-corrected chi connectivity index (χ4v) is 2.93. The van der Waals surface area contributed by atoms with Crippen LogP contribution in [0.3, 0.4) is 0 Å². The van der Waals surface area contributed by atoms with Crippen molar-refractivity contribution in [2.45, 2.75) is 33.1 Å². The van der Waals surface area contributed by atoms with Crippen molar-refractivity contribution in [3.05, 3.63) is 34.3 Å². The maximum absolute atomic E-state index is 12.4. The number of rotatable bonds is 4. The Morgan fingerprint density at radius 2 is 1.76 bits per heavy atom. The molecule has 0 saturated carbocycles. The SMILES string of the molecule is CCOC(=O)C1(C(=O)OCC)CCc2cc(Cl)ccc2C1. The topological polar surface area (TPSA) is 52.6 Å². The highest BCUT2D eigenvalue weighted by molar-refractivity contribution is 6.30. The summed E-state index contributed by atoms with van der Waals surface area (Å²) in [7, 11) is 0. The van der Waals surface area contributed by atoms with Gasteiger partial charge in [-0.3, -0.25) is 9.59 Å². The zero-order valence-corrected chi connectivity index (χ0v) is 13.0. The van der Waals surface area contributed by atoms with Gasteiger partial charge in [-0.1, -0.05) is 17.7 Å². The van der Waals surface area contributed by atoms with Crippen molar-refractivity contribution in [1.82, 2.24) is 0 Å². The number of esters is 2. The van der Waals surface area contributed by atoms with E-state index in [1.807, 2.05) is 12.1 Å². The normalized spacial score (nSPS) is 16.0. The molecule has 0 bridgehead atoms. The molecular weight excluding hydrogens is 292 g/mol. The Hall–Kier alpha value is -1.55. The maximum Gasteiger partial charge on any atom is 0.323 e. The first-order valence-electron chi connectivity index (χ1n) is 7.15. The third-order valence-electron chi connectivity index (χ3n) is 3.81. The van der Waals surface area contributed by atoms with E-state index in [1.165, 1.54) is 0 Å². The van der Waals surface area contributed by atoms with E-state index in [2.05, 4.69) is 0 Å². The molecule has 2 rings (SSSR count). The molecule has 1 aromatic rings. The second-order valence-electron chi connectivity index (χ2n) is 5.11. The lowest BCUT2D eigenvalue weighted by atomic mass is 9.71. The summed E-state index contributed by atoms with van der Waals surface area (Å²) < 4.78 is 10.3. The lowest BCUT2D eigenvalue weighted by Gasteiger charge is -2.33. The van der Waals surface area contributed by atoms with Crippen LogP contribution in [0.25, 0.3) is 0 Å². The molecule has 114 valence electrons. The second-order valence-corrected chi connectivity index (χ2v) is 5.55. The third kappa shape index (κ3) is 3.05. The van der Waals surface area contributed by atoms with Gasteiger partial charge in [0.25, 0.3) is 0 Å². The molecule has 1 aromatic carbocycles. The fourth-order valence-electron chi connectivity index (χ4n) is 2.73. The minimum atomic E-state index is -1.23. The highest BCUT2D eigenvalue weighted by Crippen LogP contribution is 2.39. The van der Waals surface area contributed by atoms with E-state index in [0.29, 0.717) is 24.3 Å². The second kappa shape index (κ2) is 6.48. The lowest BCUT2D eigenvalue weighted by molar-refractivity contribution is -0.173. The van der Waals surface area contributed by atoms with Crippen LogP contribution >= 0.6 is 11.6 Å². The van der Waals surface area contributed by atoms with Crippen LogP contribution in [-0.2, 0) is 31.9 Å².